The van der Waals surface area contributed by atoms with Gasteiger partial charge in [0, 0.05) is 12.6 Å². The lowest BCUT2D eigenvalue weighted by Gasteiger charge is -2.38. The monoisotopic (exact) mass is 304 g/mol. The third kappa shape index (κ3) is 4.07. The van der Waals surface area contributed by atoms with Crippen molar-refractivity contribution >= 4 is 11.8 Å². The molecule has 0 radical (unpaired) electrons. The number of benzene rings is 1. The maximum Gasteiger partial charge on any atom is 0.251 e. The Labute approximate surface area is 131 Å². The molecule has 1 fully saturated rings. The van der Waals surface area contributed by atoms with Crippen molar-refractivity contribution in [3.63, 3.8) is 0 Å². The molecular weight excluding hydrogens is 280 g/mol. The van der Waals surface area contributed by atoms with E-state index in [2.05, 4.69) is 0 Å². The fraction of sp³-hybridized carbons (Fsp3) is 0.529. The number of carbonyl (C=O) groups is 2. The Hall–Kier alpha value is -1.88. The van der Waals surface area contributed by atoms with Crippen LogP contribution in [0.5, 0.6) is 0 Å². The van der Waals surface area contributed by atoms with Crippen LogP contribution >= 0.6 is 0 Å². The molecule has 1 aromatic carbocycles. The molecule has 0 spiro atoms. The maximum absolute atomic E-state index is 12.5. The average Bonchev–Trinajstić information content (AvgIpc) is 2.53. The molecule has 1 saturated heterocycles. The molecular formula is C17H24N2O3. The lowest BCUT2D eigenvalue weighted by atomic mass is 9.92. The van der Waals surface area contributed by atoms with E-state index in [-0.39, 0.29) is 23.8 Å². The summed E-state index contributed by atoms with van der Waals surface area (Å²) in [7, 11) is 0. The summed E-state index contributed by atoms with van der Waals surface area (Å²) in [5.74, 6) is -0.654. The van der Waals surface area contributed by atoms with Crippen LogP contribution in [-0.2, 0) is 20.9 Å². The predicted molar refractivity (Wildman–Crippen MR) is 83.8 cm³/mol. The van der Waals surface area contributed by atoms with Crippen LogP contribution in [0.15, 0.2) is 30.3 Å². The number of hydrogen-bond acceptors (Lipinski definition) is 3. The Morgan fingerprint density at radius 3 is 2.64 bits per heavy atom. The largest absolute Gasteiger partial charge is 0.369 e. The van der Waals surface area contributed by atoms with Crippen LogP contribution in [0.3, 0.4) is 0 Å². The Morgan fingerprint density at radius 2 is 2.00 bits per heavy atom. The summed E-state index contributed by atoms with van der Waals surface area (Å²) >= 11 is 0. The number of primary amides is 1. The Balaban J connectivity index is 1.92. The molecule has 2 N–H and O–H groups in total. The first-order valence-corrected chi connectivity index (χ1v) is 7.74. The van der Waals surface area contributed by atoms with E-state index in [1.54, 1.807) is 11.8 Å². The van der Waals surface area contributed by atoms with E-state index in [9.17, 15) is 9.59 Å². The van der Waals surface area contributed by atoms with Gasteiger partial charge < -0.3 is 15.4 Å². The molecule has 5 nitrogen and oxygen atoms in total. The zero-order valence-corrected chi connectivity index (χ0v) is 13.2. The number of hydrogen-bond donors (Lipinski definition) is 1. The van der Waals surface area contributed by atoms with Gasteiger partial charge in [-0.2, -0.15) is 0 Å². The second-order valence-electron chi connectivity index (χ2n) is 5.96. The molecule has 5 heteroatoms. The highest BCUT2D eigenvalue weighted by Crippen LogP contribution is 2.23. The molecule has 2 amide bonds. The van der Waals surface area contributed by atoms with Crippen molar-refractivity contribution in [1.29, 1.82) is 0 Å². The molecule has 3 atom stereocenters. The number of carbonyl (C=O) groups excluding carboxylic acids is 2. The molecule has 1 aromatic rings. The highest BCUT2D eigenvalue weighted by molar-refractivity contribution is 5.83. The lowest BCUT2D eigenvalue weighted by molar-refractivity contribution is -0.148. The van der Waals surface area contributed by atoms with E-state index in [1.165, 1.54) is 0 Å². The van der Waals surface area contributed by atoms with Crippen molar-refractivity contribution in [3.05, 3.63) is 35.9 Å². The average molecular weight is 304 g/mol. The number of piperidine rings is 1. The van der Waals surface area contributed by atoms with Gasteiger partial charge in [0.1, 0.15) is 6.10 Å². The van der Waals surface area contributed by atoms with Crippen molar-refractivity contribution in [1.82, 2.24) is 4.90 Å². The van der Waals surface area contributed by atoms with E-state index < -0.39 is 6.10 Å². The van der Waals surface area contributed by atoms with E-state index in [4.69, 9.17) is 10.5 Å². The standard InChI is InChI=1S/C17H24N2O3/c1-12-8-9-15(16(18)20)10-19(12)17(21)13(2)22-11-14-6-4-3-5-7-14/h3-7,12-13,15H,8-11H2,1-2H3,(H2,18,20)/t12-,13+,15-/m1/s1. The van der Waals surface area contributed by atoms with E-state index in [1.807, 2.05) is 37.3 Å². The SMILES string of the molecule is C[C@H](OCc1ccccc1)C(=O)N1C[C@H](C(N)=O)CC[C@H]1C. The molecule has 1 aliphatic rings. The minimum absolute atomic E-state index is 0.0746. The van der Waals surface area contributed by atoms with Crippen molar-refractivity contribution in [2.75, 3.05) is 6.54 Å². The van der Waals surface area contributed by atoms with E-state index in [0.29, 0.717) is 13.2 Å². The number of nitrogens with zero attached hydrogens (tertiary/aromatic N) is 1. The van der Waals surface area contributed by atoms with Gasteiger partial charge in [-0.15, -0.1) is 0 Å². The maximum atomic E-state index is 12.5. The number of nitrogens with two attached hydrogens (primary N) is 1. The Morgan fingerprint density at radius 1 is 1.32 bits per heavy atom. The van der Waals surface area contributed by atoms with Gasteiger partial charge in [-0.25, -0.2) is 0 Å². The van der Waals surface area contributed by atoms with Gasteiger partial charge in [-0.05, 0) is 32.3 Å². The summed E-state index contributed by atoms with van der Waals surface area (Å²) in [5.41, 5.74) is 6.41. The third-order valence-corrected chi connectivity index (χ3v) is 4.26. The summed E-state index contributed by atoms with van der Waals surface area (Å²) in [5, 5.41) is 0. The van der Waals surface area contributed by atoms with Crippen LogP contribution in [0.4, 0.5) is 0 Å². The first-order valence-electron chi connectivity index (χ1n) is 7.74. The van der Waals surface area contributed by atoms with Crippen LogP contribution in [0.1, 0.15) is 32.3 Å². The van der Waals surface area contributed by atoms with Crippen LogP contribution < -0.4 is 5.73 Å². The van der Waals surface area contributed by atoms with Crippen LogP contribution in [0.25, 0.3) is 0 Å². The molecule has 120 valence electrons. The second kappa shape index (κ2) is 7.40. The van der Waals surface area contributed by atoms with Gasteiger partial charge in [-0.1, -0.05) is 30.3 Å². The zero-order chi connectivity index (χ0) is 16.1. The normalized spacial score (nSPS) is 23.1. The quantitative estimate of drug-likeness (QED) is 0.900. The van der Waals surface area contributed by atoms with Crippen molar-refractivity contribution < 1.29 is 14.3 Å². The second-order valence-corrected chi connectivity index (χ2v) is 5.96. The molecule has 2 rings (SSSR count). The summed E-state index contributed by atoms with van der Waals surface area (Å²) in [6.45, 7) is 4.55. The van der Waals surface area contributed by atoms with Crippen LogP contribution in [0.2, 0.25) is 0 Å². The number of rotatable bonds is 5. The van der Waals surface area contributed by atoms with E-state index >= 15 is 0 Å². The Kier molecular flexibility index (Phi) is 5.55. The molecule has 0 aliphatic carbocycles. The van der Waals surface area contributed by atoms with Crippen molar-refractivity contribution in [3.8, 4) is 0 Å². The topological polar surface area (TPSA) is 72.6 Å². The minimum atomic E-state index is -0.533. The van der Waals surface area contributed by atoms with Gasteiger partial charge in [0.25, 0.3) is 5.91 Å². The first kappa shape index (κ1) is 16.5. The summed E-state index contributed by atoms with van der Waals surface area (Å²) in [4.78, 5) is 25.6. The van der Waals surface area contributed by atoms with Gasteiger partial charge in [0.15, 0.2) is 0 Å². The summed E-state index contributed by atoms with van der Waals surface area (Å²) in [6, 6.07) is 9.86. The summed E-state index contributed by atoms with van der Waals surface area (Å²) < 4.78 is 5.68. The molecule has 22 heavy (non-hydrogen) atoms. The van der Waals surface area contributed by atoms with Gasteiger partial charge in [0.05, 0.1) is 12.5 Å². The van der Waals surface area contributed by atoms with Gasteiger partial charge in [-0.3, -0.25) is 9.59 Å². The van der Waals surface area contributed by atoms with Crippen molar-refractivity contribution in [2.24, 2.45) is 11.7 Å². The number of ether oxygens (including phenoxy) is 1. The third-order valence-electron chi connectivity index (χ3n) is 4.26. The van der Waals surface area contributed by atoms with E-state index in [0.717, 1.165) is 18.4 Å². The highest BCUT2D eigenvalue weighted by atomic mass is 16.5. The molecule has 0 aromatic heterocycles. The minimum Gasteiger partial charge on any atom is -0.369 e. The van der Waals surface area contributed by atoms with Crippen LogP contribution in [-0.4, -0.2) is 35.4 Å². The van der Waals surface area contributed by atoms with Gasteiger partial charge >= 0.3 is 0 Å². The van der Waals surface area contributed by atoms with Crippen molar-refractivity contribution in [2.45, 2.75) is 45.4 Å². The van der Waals surface area contributed by atoms with Gasteiger partial charge in [0.2, 0.25) is 5.91 Å². The fourth-order valence-electron chi connectivity index (χ4n) is 2.75. The van der Waals surface area contributed by atoms with Crippen LogP contribution in [0, 0.1) is 5.92 Å². The smallest absolute Gasteiger partial charge is 0.251 e. The number of likely N-dealkylation sites (tertiary alicyclic amines) is 1. The first-order chi connectivity index (χ1) is 10.5. The highest BCUT2D eigenvalue weighted by Gasteiger charge is 2.33. The fourth-order valence-corrected chi connectivity index (χ4v) is 2.75. The molecule has 1 heterocycles. The molecule has 0 saturated carbocycles. The summed E-state index contributed by atoms with van der Waals surface area (Å²) in [6.07, 6.45) is 1.01. The molecule has 1 aliphatic heterocycles. The molecule has 0 bridgehead atoms. The number of amides is 2. The predicted octanol–water partition coefficient (Wildman–Crippen LogP) is 1.70. The zero-order valence-electron chi connectivity index (χ0n) is 13.2. The lowest BCUT2D eigenvalue weighted by Crippen LogP contribution is -2.51. The molecule has 0 unspecified atom stereocenters. The Bertz CT molecular complexity index is 518.